The minimum Gasteiger partial charge on any atom is -0.493 e. The zero-order valence-electron chi connectivity index (χ0n) is 20.0. The predicted octanol–water partition coefficient (Wildman–Crippen LogP) is 3.29. The number of H-pyrrole nitrogens is 1. The first-order chi connectivity index (χ1) is 16.9. The number of hydrogen-bond donors (Lipinski definition) is 1. The van der Waals surface area contributed by atoms with Gasteiger partial charge in [-0.3, -0.25) is 9.59 Å². The van der Waals surface area contributed by atoms with Crippen molar-refractivity contribution in [2.24, 2.45) is 5.92 Å². The molecule has 0 atom stereocenters. The summed E-state index contributed by atoms with van der Waals surface area (Å²) in [5.41, 5.74) is 1.15. The lowest BCUT2D eigenvalue weighted by molar-refractivity contribution is -0.131. The molecule has 4 rings (SSSR count). The van der Waals surface area contributed by atoms with Crippen LogP contribution in [0.2, 0.25) is 0 Å². The summed E-state index contributed by atoms with van der Waals surface area (Å²) in [6.07, 6.45) is 0.371. The van der Waals surface area contributed by atoms with Crippen molar-refractivity contribution in [1.29, 1.82) is 0 Å². The van der Waals surface area contributed by atoms with Crippen LogP contribution in [-0.2, 0) is 11.2 Å². The summed E-state index contributed by atoms with van der Waals surface area (Å²) in [4.78, 5) is 31.6. The number of piperazine rings is 1. The van der Waals surface area contributed by atoms with Gasteiger partial charge in [0.15, 0.2) is 5.82 Å². The Morgan fingerprint density at radius 3 is 2.43 bits per heavy atom. The maximum Gasteiger partial charge on any atom is 0.273 e. The molecule has 1 aliphatic heterocycles. The Kier molecular flexibility index (Phi) is 7.74. The van der Waals surface area contributed by atoms with Gasteiger partial charge in [-0.1, -0.05) is 26.0 Å². The molecule has 2 aromatic carbocycles. The molecule has 35 heavy (non-hydrogen) atoms. The van der Waals surface area contributed by atoms with Crippen LogP contribution >= 0.6 is 0 Å². The molecule has 1 aliphatic rings. The molecule has 1 N–H and O–H groups in total. The highest BCUT2D eigenvalue weighted by Crippen LogP contribution is 2.21. The molecule has 3 aromatic rings. The highest BCUT2D eigenvalue weighted by Gasteiger charge is 2.23. The number of anilines is 1. The number of halogens is 1. The quantitative estimate of drug-likeness (QED) is 0.533. The summed E-state index contributed by atoms with van der Waals surface area (Å²) in [6.45, 7) is 6.92. The Bertz CT molecular complexity index is 1200. The maximum absolute atomic E-state index is 14.0. The second kappa shape index (κ2) is 11.1. The monoisotopic (exact) mass is 479 g/mol. The van der Waals surface area contributed by atoms with E-state index in [-0.39, 0.29) is 35.8 Å². The summed E-state index contributed by atoms with van der Waals surface area (Å²) >= 11 is 0. The molecule has 2 heterocycles. The molecule has 1 aromatic heterocycles. The fourth-order valence-electron chi connectivity index (χ4n) is 3.91. The van der Waals surface area contributed by atoms with E-state index in [1.165, 1.54) is 6.07 Å². The lowest BCUT2D eigenvalue weighted by Crippen LogP contribution is -2.49. The van der Waals surface area contributed by atoms with Crippen molar-refractivity contribution >= 4 is 11.6 Å². The van der Waals surface area contributed by atoms with Crippen LogP contribution < -0.4 is 15.2 Å². The number of benzene rings is 2. The fourth-order valence-corrected chi connectivity index (χ4v) is 3.91. The highest BCUT2D eigenvalue weighted by molar-refractivity contribution is 5.76. The first-order valence-electron chi connectivity index (χ1n) is 11.9. The first kappa shape index (κ1) is 24.4. The van der Waals surface area contributed by atoms with Gasteiger partial charge in [-0.05, 0) is 42.3 Å². The SMILES string of the molecule is CC(C)COc1ccc(-c2nnc(CCC(=O)N3CCN(c4ccccc4F)CC3)c(=O)[nH]2)cc1. The van der Waals surface area contributed by atoms with Crippen LogP contribution in [-0.4, -0.2) is 58.8 Å². The highest BCUT2D eigenvalue weighted by atomic mass is 19.1. The van der Waals surface area contributed by atoms with Gasteiger partial charge in [-0.25, -0.2) is 4.39 Å². The molecule has 0 saturated carbocycles. The van der Waals surface area contributed by atoms with E-state index in [4.69, 9.17) is 4.74 Å². The van der Waals surface area contributed by atoms with Gasteiger partial charge in [0, 0.05) is 44.6 Å². The van der Waals surface area contributed by atoms with Gasteiger partial charge < -0.3 is 19.5 Å². The van der Waals surface area contributed by atoms with Crippen LogP contribution in [0.4, 0.5) is 10.1 Å². The average Bonchev–Trinajstić information content (AvgIpc) is 2.87. The van der Waals surface area contributed by atoms with E-state index in [0.29, 0.717) is 50.2 Å². The van der Waals surface area contributed by atoms with Crippen molar-refractivity contribution < 1.29 is 13.9 Å². The number of ether oxygens (including phenoxy) is 1. The second-order valence-electron chi connectivity index (χ2n) is 9.00. The molecule has 0 spiro atoms. The smallest absolute Gasteiger partial charge is 0.273 e. The summed E-state index contributed by atoms with van der Waals surface area (Å²) in [5, 5.41) is 8.21. The third-order valence-corrected chi connectivity index (χ3v) is 5.88. The van der Waals surface area contributed by atoms with Crippen LogP contribution in [0.1, 0.15) is 26.0 Å². The van der Waals surface area contributed by atoms with Crippen LogP contribution in [0.5, 0.6) is 5.75 Å². The van der Waals surface area contributed by atoms with Gasteiger partial charge in [0.05, 0.1) is 12.3 Å². The molecular formula is C26H30FN5O3. The van der Waals surface area contributed by atoms with Gasteiger partial charge in [0.2, 0.25) is 5.91 Å². The van der Waals surface area contributed by atoms with Crippen LogP contribution in [0, 0.1) is 11.7 Å². The summed E-state index contributed by atoms with van der Waals surface area (Å²) in [6, 6.07) is 13.9. The van der Waals surface area contributed by atoms with Crippen molar-refractivity contribution in [3.63, 3.8) is 0 Å². The number of rotatable bonds is 8. The molecule has 0 bridgehead atoms. The number of aromatic amines is 1. The molecule has 0 radical (unpaired) electrons. The standard InChI is InChI=1S/C26H30FN5O3/c1-18(2)17-35-20-9-7-19(8-10-20)25-28-26(34)22(29-30-25)11-12-24(33)32-15-13-31(14-16-32)23-6-4-3-5-21(23)27/h3-10,18H,11-17H2,1-2H3,(H,28,30,34). The van der Waals surface area contributed by atoms with Gasteiger partial charge in [0.25, 0.3) is 5.56 Å². The minimum atomic E-state index is -0.354. The number of aromatic nitrogens is 3. The maximum atomic E-state index is 14.0. The number of carbonyl (C=O) groups is 1. The predicted molar refractivity (Wildman–Crippen MR) is 132 cm³/mol. The van der Waals surface area contributed by atoms with Gasteiger partial charge >= 0.3 is 0 Å². The number of para-hydroxylation sites is 1. The molecular weight excluding hydrogens is 449 g/mol. The molecule has 0 unspecified atom stereocenters. The van der Waals surface area contributed by atoms with Gasteiger partial charge in [-0.15, -0.1) is 10.2 Å². The van der Waals surface area contributed by atoms with Crippen molar-refractivity contribution in [1.82, 2.24) is 20.1 Å². The number of amides is 1. The van der Waals surface area contributed by atoms with Crippen LogP contribution in [0.15, 0.2) is 53.3 Å². The van der Waals surface area contributed by atoms with Crippen molar-refractivity contribution in [3.8, 4) is 17.1 Å². The third-order valence-electron chi connectivity index (χ3n) is 5.88. The Labute approximate surface area is 203 Å². The molecule has 1 amide bonds. The van der Waals surface area contributed by atoms with E-state index in [9.17, 15) is 14.0 Å². The Morgan fingerprint density at radius 2 is 1.77 bits per heavy atom. The lowest BCUT2D eigenvalue weighted by Gasteiger charge is -2.36. The van der Waals surface area contributed by atoms with E-state index in [1.807, 2.05) is 29.2 Å². The molecule has 9 heteroatoms. The zero-order chi connectivity index (χ0) is 24.8. The van der Waals surface area contributed by atoms with Crippen LogP contribution in [0.3, 0.4) is 0 Å². The summed E-state index contributed by atoms with van der Waals surface area (Å²) in [7, 11) is 0. The topological polar surface area (TPSA) is 91.4 Å². The number of nitrogens with one attached hydrogen (secondary N) is 1. The zero-order valence-corrected chi connectivity index (χ0v) is 20.0. The molecule has 1 saturated heterocycles. The van der Waals surface area contributed by atoms with Crippen molar-refractivity contribution in [2.75, 3.05) is 37.7 Å². The van der Waals surface area contributed by atoms with E-state index in [2.05, 4.69) is 29.0 Å². The number of carbonyl (C=O) groups excluding carboxylic acids is 1. The Balaban J connectivity index is 1.30. The minimum absolute atomic E-state index is 0.0551. The number of nitrogens with zero attached hydrogens (tertiary/aromatic N) is 4. The number of hydrogen-bond acceptors (Lipinski definition) is 6. The molecule has 8 nitrogen and oxygen atoms in total. The van der Waals surface area contributed by atoms with E-state index >= 15 is 0 Å². The fraction of sp³-hybridized carbons (Fsp3) is 0.385. The Hall–Kier alpha value is -3.75. The first-order valence-corrected chi connectivity index (χ1v) is 11.9. The van der Waals surface area contributed by atoms with E-state index in [0.717, 1.165) is 11.3 Å². The summed E-state index contributed by atoms with van der Waals surface area (Å²) in [5.74, 6) is 1.23. The lowest BCUT2D eigenvalue weighted by atomic mass is 10.2. The van der Waals surface area contributed by atoms with E-state index < -0.39 is 0 Å². The number of aryl methyl sites for hydroxylation is 1. The van der Waals surface area contributed by atoms with E-state index in [1.54, 1.807) is 23.1 Å². The largest absolute Gasteiger partial charge is 0.493 e. The molecule has 0 aliphatic carbocycles. The van der Waals surface area contributed by atoms with Gasteiger partial charge in [-0.2, -0.15) is 0 Å². The molecule has 1 fully saturated rings. The second-order valence-corrected chi connectivity index (χ2v) is 9.00. The average molecular weight is 480 g/mol. The van der Waals surface area contributed by atoms with Crippen molar-refractivity contribution in [2.45, 2.75) is 26.7 Å². The Morgan fingerprint density at radius 1 is 1.06 bits per heavy atom. The third kappa shape index (κ3) is 6.23. The normalized spacial score (nSPS) is 13.8. The van der Waals surface area contributed by atoms with Gasteiger partial charge in [0.1, 0.15) is 17.3 Å². The van der Waals surface area contributed by atoms with Crippen LogP contribution in [0.25, 0.3) is 11.4 Å². The molecule has 184 valence electrons. The summed E-state index contributed by atoms with van der Waals surface area (Å²) < 4.78 is 19.7. The van der Waals surface area contributed by atoms with Crippen molar-refractivity contribution in [3.05, 3.63) is 70.4 Å².